The molecule has 9 rings (SSSR count). The lowest BCUT2D eigenvalue weighted by molar-refractivity contribution is 0.670. The topological polar surface area (TPSA) is 13.1 Å². The van der Waals surface area contributed by atoms with Gasteiger partial charge in [0.1, 0.15) is 11.2 Å². The molecule has 0 fully saturated rings. The smallest absolute Gasteiger partial charge is 0.143 e. The summed E-state index contributed by atoms with van der Waals surface area (Å²) >= 11 is 0. The van der Waals surface area contributed by atoms with Crippen molar-refractivity contribution in [3.05, 3.63) is 146 Å². The molecule has 0 N–H and O–H groups in total. The molecular formula is C40H24O. The maximum atomic E-state index is 6.70. The third-order valence-corrected chi connectivity index (χ3v) is 8.60. The van der Waals surface area contributed by atoms with Gasteiger partial charge in [0.25, 0.3) is 0 Å². The van der Waals surface area contributed by atoms with Gasteiger partial charge in [-0.15, -0.1) is 0 Å². The highest BCUT2D eigenvalue weighted by Gasteiger charge is 2.18. The summed E-state index contributed by atoms with van der Waals surface area (Å²) in [5.74, 6) is 0. The van der Waals surface area contributed by atoms with E-state index in [4.69, 9.17) is 4.42 Å². The summed E-state index contributed by atoms with van der Waals surface area (Å²) < 4.78 is 6.70. The zero-order valence-corrected chi connectivity index (χ0v) is 22.3. The number of fused-ring (bicyclic) bond motifs is 7. The quantitative estimate of drug-likeness (QED) is 0.207. The number of furan rings is 1. The molecule has 0 spiro atoms. The molecule has 190 valence electrons. The summed E-state index contributed by atoms with van der Waals surface area (Å²) in [6.07, 6.45) is 0. The van der Waals surface area contributed by atoms with Crippen LogP contribution in [0.2, 0.25) is 0 Å². The first kappa shape index (κ1) is 22.4. The summed E-state index contributed by atoms with van der Waals surface area (Å²) in [6, 6.07) is 52.5. The number of hydrogen-bond acceptors (Lipinski definition) is 1. The third-order valence-electron chi connectivity index (χ3n) is 8.60. The van der Waals surface area contributed by atoms with Gasteiger partial charge in [0, 0.05) is 21.9 Å². The van der Waals surface area contributed by atoms with Crippen molar-refractivity contribution in [2.75, 3.05) is 0 Å². The largest absolute Gasteiger partial charge is 0.455 e. The minimum absolute atomic E-state index is 0.908. The van der Waals surface area contributed by atoms with Crippen molar-refractivity contribution < 1.29 is 4.42 Å². The van der Waals surface area contributed by atoms with Crippen molar-refractivity contribution in [1.82, 2.24) is 0 Å². The molecule has 1 aromatic heterocycles. The van der Waals surface area contributed by atoms with Crippen molar-refractivity contribution in [1.29, 1.82) is 0 Å². The molecule has 1 heteroatoms. The van der Waals surface area contributed by atoms with E-state index in [2.05, 4.69) is 146 Å². The van der Waals surface area contributed by atoms with Crippen LogP contribution in [0.5, 0.6) is 0 Å². The average Bonchev–Trinajstić information content (AvgIpc) is 3.41. The second-order valence-electron chi connectivity index (χ2n) is 10.9. The molecule has 0 bridgehead atoms. The summed E-state index contributed by atoms with van der Waals surface area (Å²) in [4.78, 5) is 0. The Bertz CT molecular complexity index is 2370. The van der Waals surface area contributed by atoms with Crippen LogP contribution in [0.3, 0.4) is 0 Å². The zero-order chi connectivity index (χ0) is 26.9. The Morgan fingerprint density at radius 1 is 0.341 bits per heavy atom. The van der Waals surface area contributed by atoms with Gasteiger partial charge < -0.3 is 4.42 Å². The van der Waals surface area contributed by atoms with Crippen molar-refractivity contribution in [3.63, 3.8) is 0 Å². The Morgan fingerprint density at radius 3 is 1.39 bits per heavy atom. The summed E-state index contributed by atoms with van der Waals surface area (Å²) in [5.41, 5.74) is 6.67. The maximum Gasteiger partial charge on any atom is 0.143 e. The van der Waals surface area contributed by atoms with Gasteiger partial charge in [-0.25, -0.2) is 0 Å². The molecule has 8 aromatic carbocycles. The lowest BCUT2D eigenvalue weighted by Gasteiger charge is -2.12. The number of hydrogen-bond donors (Lipinski definition) is 0. The highest BCUT2D eigenvalue weighted by Crippen LogP contribution is 2.44. The predicted molar refractivity (Wildman–Crippen MR) is 175 cm³/mol. The van der Waals surface area contributed by atoms with Crippen LogP contribution in [0.15, 0.2) is 150 Å². The number of benzene rings is 8. The van der Waals surface area contributed by atoms with Crippen LogP contribution in [0.1, 0.15) is 0 Å². The molecule has 0 radical (unpaired) electrons. The zero-order valence-electron chi connectivity index (χ0n) is 22.3. The molecular weight excluding hydrogens is 496 g/mol. The first-order valence-corrected chi connectivity index (χ1v) is 14.1. The van der Waals surface area contributed by atoms with E-state index >= 15 is 0 Å². The fourth-order valence-electron chi connectivity index (χ4n) is 6.78. The first-order valence-electron chi connectivity index (χ1n) is 14.1. The molecule has 1 nitrogen and oxygen atoms in total. The van der Waals surface area contributed by atoms with E-state index < -0.39 is 0 Å². The van der Waals surface area contributed by atoms with Gasteiger partial charge >= 0.3 is 0 Å². The molecule has 9 aromatic rings. The first-order chi connectivity index (χ1) is 20.3. The second kappa shape index (κ2) is 8.55. The average molecular weight is 521 g/mol. The van der Waals surface area contributed by atoms with Gasteiger partial charge in [-0.1, -0.05) is 121 Å². The van der Waals surface area contributed by atoms with Gasteiger partial charge in [-0.3, -0.25) is 0 Å². The van der Waals surface area contributed by atoms with Crippen molar-refractivity contribution >= 4 is 65.0 Å². The van der Waals surface area contributed by atoms with Crippen LogP contribution in [0.4, 0.5) is 0 Å². The van der Waals surface area contributed by atoms with E-state index in [-0.39, 0.29) is 0 Å². The molecule has 41 heavy (non-hydrogen) atoms. The van der Waals surface area contributed by atoms with E-state index in [0.29, 0.717) is 0 Å². The van der Waals surface area contributed by atoms with Crippen LogP contribution in [-0.4, -0.2) is 0 Å². The minimum Gasteiger partial charge on any atom is -0.455 e. The van der Waals surface area contributed by atoms with E-state index in [9.17, 15) is 0 Å². The molecule has 0 aliphatic carbocycles. The minimum atomic E-state index is 0.908. The van der Waals surface area contributed by atoms with Crippen molar-refractivity contribution in [3.8, 4) is 22.3 Å². The van der Waals surface area contributed by atoms with Gasteiger partial charge in [0.05, 0.1) is 0 Å². The standard InChI is InChI=1S/C40H24O/c1-5-14-30-25(10-1)22-26-11-2-6-15-31(26)38(30)29-20-21-37-36(24-29)34-18-9-19-35(40(34)41-37)39-32-16-7-3-12-27(32)23-28-13-4-8-17-33(28)39/h1-24H. The van der Waals surface area contributed by atoms with Crippen LogP contribution in [0.25, 0.3) is 87.3 Å². The van der Waals surface area contributed by atoms with E-state index in [1.54, 1.807) is 0 Å². The predicted octanol–water partition coefficient (Wildman–Crippen LogP) is 11.5. The van der Waals surface area contributed by atoms with Gasteiger partial charge in [-0.05, 0) is 78.5 Å². The Labute approximate surface area is 236 Å². The van der Waals surface area contributed by atoms with Crippen LogP contribution < -0.4 is 0 Å². The van der Waals surface area contributed by atoms with E-state index in [1.807, 2.05) is 0 Å². The Kier molecular flexibility index (Phi) is 4.67. The number of para-hydroxylation sites is 1. The Morgan fingerprint density at radius 2 is 0.829 bits per heavy atom. The fraction of sp³-hybridized carbons (Fsp3) is 0. The molecule has 0 saturated heterocycles. The van der Waals surface area contributed by atoms with E-state index in [1.165, 1.54) is 59.8 Å². The molecule has 0 atom stereocenters. The lowest BCUT2D eigenvalue weighted by Crippen LogP contribution is -1.86. The normalized spacial score (nSPS) is 11.9. The molecule has 0 amide bonds. The van der Waals surface area contributed by atoms with Gasteiger partial charge in [0.2, 0.25) is 0 Å². The SMILES string of the molecule is c1ccc2c(-c3ccc4oc5c(-c6c7ccccc7cc7ccccc67)cccc5c4c3)c3ccccc3cc2c1. The summed E-state index contributed by atoms with van der Waals surface area (Å²) in [6.45, 7) is 0. The molecule has 0 aliphatic heterocycles. The number of rotatable bonds is 2. The lowest BCUT2D eigenvalue weighted by atomic mass is 9.90. The highest BCUT2D eigenvalue weighted by atomic mass is 16.3. The monoisotopic (exact) mass is 520 g/mol. The van der Waals surface area contributed by atoms with Gasteiger partial charge in [-0.2, -0.15) is 0 Å². The van der Waals surface area contributed by atoms with Crippen LogP contribution in [0, 0.1) is 0 Å². The molecule has 1 heterocycles. The fourth-order valence-corrected chi connectivity index (χ4v) is 6.78. The summed E-state index contributed by atoms with van der Waals surface area (Å²) in [5, 5.41) is 12.3. The van der Waals surface area contributed by atoms with Crippen LogP contribution >= 0.6 is 0 Å². The van der Waals surface area contributed by atoms with Crippen LogP contribution in [-0.2, 0) is 0 Å². The second-order valence-corrected chi connectivity index (χ2v) is 10.9. The molecule has 0 unspecified atom stereocenters. The Hall–Kier alpha value is -5.40. The Balaban J connectivity index is 1.36. The molecule has 0 aliphatic rings. The third kappa shape index (κ3) is 3.30. The van der Waals surface area contributed by atoms with E-state index in [0.717, 1.165) is 27.5 Å². The van der Waals surface area contributed by atoms with Crippen molar-refractivity contribution in [2.24, 2.45) is 0 Å². The highest BCUT2D eigenvalue weighted by molar-refractivity contribution is 6.20. The maximum absolute atomic E-state index is 6.70. The van der Waals surface area contributed by atoms with Gasteiger partial charge in [0.15, 0.2) is 0 Å². The van der Waals surface area contributed by atoms with Crippen molar-refractivity contribution in [2.45, 2.75) is 0 Å². The summed E-state index contributed by atoms with van der Waals surface area (Å²) in [7, 11) is 0. The molecule has 0 saturated carbocycles.